The lowest BCUT2D eigenvalue weighted by atomic mass is 10.2. The first-order valence-corrected chi connectivity index (χ1v) is 9.71. The standard InChI is InChI=1S/C21H20N2O3S/c1-2-27-19-8-4-3-7-18(19)20(24)22-13-5-6-16-9-11-17(12-10-16)23-14-15-26-21(23)25/h3-4,7-12H,2,13-15H2,1H3,(H,22,24). The van der Waals surface area contributed by atoms with Crippen molar-refractivity contribution in [1.29, 1.82) is 0 Å². The molecule has 3 rings (SSSR count). The van der Waals surface area contributed by atoms with Gasteiger partial charge in [0.2, 0.25) is 0 Å². The van der Waals surface area contributed by atoms with Crippen LogP contribution in [0.5, 0.6) is 0 Å². The molecule has 1 aliphatic rings. The minimum Gasteiger partial charge on any atom is -0.447 e. The van der Waals surface area contributed by atoms with Gasteiger partial charge in [-0.1, -0.05) is 30.9 Å². The lowest BCUT2D eigenvalue weighted by Crippen LogP contribution is -2.24. The van der Waals surface area contributed by atoms with Crippen molar-refractivity contribution in [3.8, 4) is 11.8 Å². The first kappa shape index (κ1) is 18.9. The van der Waals surface area contributed by atoms with Gasteiger partial charge in [-0.05, 0) is 42.2 Å². The molecule has 1 fully saturated rings. The number of carbonyl (C=O) groups is 2. The number of cyclic esters (lactones) is 1. The van der Waals surface area contributed by atoms with Crippen molar-refractivity contribution in [2.24, 2.45) is 0 Å². The molecule has 6 heteroatoms. The second-order valence-electron chi connectivity index (χ2n) is 5.73. The molecule has 1 saturated heterocycles. The molecule has 0 bridgehead atoms. The summed E-state index contributed by atoms with van der Waals surface area (Å²) in [6.07, 6.45) is -0.321. The van der Waals surface area contributed by atoms with Gasteiger partial charge in [0.25, 0.3) is 5.91 Å². The summed E-state index contributed by atoms with van der Waals surface area (Å²) in [5.41, 5.74) is 2.29. The summed E-state index contributed by atoms with van der Waals surface area (Å²) in [6.45, 7) is 3.31. The van der Waals surface area contributed by atoms with E-state index < -0.39 is 0 Å². The van der Waals surface area contributed by atoms with E-state index >= 15 is 0 Å². The highest BCUT2D eigenvalue weighted by molar-refractivity contribution is 7.99. The van der Waals surface area contributed by atoms with E-state index in [4.69, 9.17) is 4.74 Å². The van der Waals surface area contributed by atoms with E-state index in [0.29, 0.717) is 18.7 Å². The van der Waals surface area contributed by atoms with Crippen LogP contribution in [-0.2, 0) is 4.74 Å². The van der Waals surface area contributed by atoms with Crippen molar-refractivity contribution >= 4 is 29.4 Å². The Morgan fingerprint density at radius 1 is 1.22 bits per heavy atom. The molecule has 138 valence electrons. The molecule has 1 N–H and O–H groups in total. The second-order valence-corrected chi connectivity index (χ2v) is 7.03. The fraction of sp³-hybridized carbons (Fsp3) is 0.238. The largest absolute Gasteiger partial charge is 0.447 e. The smallest absolute Gasteiger partial charge is 0.414 e. The number of hydrogen-bond acceptors (Lipinski definition) is 4. The van der Waals surface area contributed by atoms with Gasteiger partial charge in [-0.2, -0.15) is 0 Å². The van der Waals surface area contributed by atoms with Gasteiger partial charge in [-0.25, -0.2) is 4.79 Å². The Balaban J connectivity index is 1.56. The van der Waals surface area contributed by atoms with Crippen LogP contribution in [-0.4, -0.2) is 37.4 Å². The Kier molecular flexibility index (Phi) is 6.39. The summed E-state index contributed by atoms with van der Waals surface area (Å²) in [5, 5.41) is 2.83. The van der Waals surface area contributed by atoms with Gasteiger partial charge >= 0.3 is 6.09 Å². The van der Waals surface area contributed by atoms with Crippen molar-refractivity contribution in [3.63, 3.8) is 0 Å². The zero-order chi connectivity index (χ0) is 19.1. The predicted molar refractivity (Wildman–Crippen MR) is 107 cm³/mol. The third-order valence-electron chi connectivity index (χ3n) is 3.94. The molecule has 0 aliphatic carbocycles. The summed E-state index contributed by atoms with van der Waals surface area (Å²) in [4.78, 5) is 26.4. The monoisotopic (exact) mass is 380 g/mol. The first-order valence-electron chi connectivity index (χ1n) is 8.72. The zero-order valence-electron chi connectivity index (χ0n) is 15.0. The summed E-state index contributed by atoms with van der Waals surface area (Å²) in [7, 11) is 0. The summed E-state index contributed by atoms with van der Waals surface area (Å²) in [5.74, 6) is 6.76. The highest BCUT2D eigenvalue weighted by Crippen LogP contribution is 2.22. The van der Waals surface area contributed by atoms with Crippen LogP contribution in [0, 0.1) is 11.8 Å². The van der Waals surface area contributed by atoms with Crippen LogP contribution in [0.4, 0.5) is 10.5 Å². The molecular weight excluding hydrogens is 360 g/mol. The van der Waals surface area contributed by atoms with E-state index in [1.54, 1.807) is 16.7 Å². The van der Waals surface area contributed by atoms with E-state index in [1.807, 2.05) is 48.5 Å². The molecule has 2 aromatic carbocycles. The van der Waals surface area contributed by atoms with Gasteiger partial charge in [0.1, 0.15) is 6.61 Å². The molecule has 1 aliphatic heterocycles. The van der Waals surface area contributed by atoms with Crippen LogP contribution in [0.3, 0.4) is 0 Å². The van der Waals surface area contributed by atoms with Crippen LogP contribution in [0.15, 0.2) is 53.4 Å². The van der Waals surface area contributed by atoms with Crippen molar-refractivity contribution in [2.45, 2.75) is 11.8 Å². The van der Waals surface area contributed by atoms with Crippen LogP contribution < -0.4 is 10.2 Å². The van der Waals surface area contributed by atoms with E-state index in [2.05, 4.69) is 24.1 Å². The van der Waals surface area contributed by atoms with Gasteiger partial charge in [-0.15, -0.1) is 11.8 Å². The molecule has 1 heterocycles. The number of nitrogens with zero attached hydrogens (tertiary/aromatic N) is 1. The normalized spacial score (nSPS) is 12.9. The van der Waals surface area contributed by atoms with Crippen LogP contribution in [0.25, 0.3) is 0 Å². The molecular formula is C21H20N2O3S. The maximum atomic E-state index is 12.3. The van der Waals surface area contributed by atoms with Crippen LogP contribution >= 0.6 is 11.8 Å². The fourth-order valence-electron chi connectivity index (χ4n) is 2.65. The average Bonchev–Trinajstić information content (AvgIpc) is 3.12. The fourth-order valence-corrected chi connectivity index (χ4v) is 3.46. The topological polar surface area (TPSA) is 58.6 Å². The number of ether oxygens (including phenoxy) is 1. The van der Waals surface area contributed by atoms with Gasteiger partial charge < -0.3 is 10.1 Å². The van der Waals surface area contributed by atoms with Crippen molar-refractivity contribution in [1.82, 2.24) is 5.32 Å². The van der Waals surface area contributed by atoms with E-state index in [9.17, 15) is 9.59 Å². The van der Waals surface area contributed by atoms with Crippen LogP contribution in [0.2, 0.25) is 0 Å². The van der Waals surface area contributed by atoms with Crippen molar-refractivity contribution < 1.29 is 14.3 Å². The number of benzene rings is 2. The number of nitrogens with one attached hydrogen (secondary N) is 1. The van der Waals surface area contributed by atoms with E-state index in [1.165, 1.54) is 0 Å². The minimum atomic E-state index is -0.321. The molecule has 2 aromatic rings. The molecule has 0 aromatic heterocycles. The van der Waals surface area contributed by atoms with Crippen molar-refractivity contribution in [3.05, 3.63) is 59.7 Å². The minimum absolute atomic E-state index is 0.122. The number of amides is 2. The number of hydrogen-bond donors (Lipinski definition) is 1. The second kappa shape index (κ2) is 9.15. The molecule has 0 spiro atoms. The average molecular weight is 380 g/mol. The molecule has 0 radical (unpaired) electrons. The third kappa shape index (κ3) is 4.83. The lowest BCUT2D eigenvalue weighted by Gasteiger charge is -2.11. The Hall–Kier alpha value is -2.91. The first-order chi connectivity index (χ1) is 13.2. The molecule has 0 unspecified atom stereocenters. The lowest BCUT2D eigenvalue weighted by molar-refractivity contribution is 0.0955. The number of anilines is 1. The maximum absolute atomic E-state index is 12.3. The van der Waals surface area contributed by atoms with Gasteiger partial charge in [-0.3, -0.25) is 9.69 Å². The summed E-state index contributed by atoms with van der Waals surface area (Å²) in [6, 6.07) is 14.9. The highest BCUT2D eigenvalue weighted by atomic mass is 32.2. The quantitative estimate of drug-likeness (QED) is 0.637. The van der Waals surface area contributed by atoms with Gasteiger partial charge in [0.15, 0.2) is 0 Å². The van der Waals surface area contributed by atoms with Gasteiger partial charge in [0.05, 0.1) is 18.7 Å². The summed E-state index contributed by atoms with van der Waals surface area (Å²) < 4.78 is 4.93. The van der Waals surface area contributed by atoms with Crippen molar-refractivity contribution in [2.75, 3.05) is 30.3 Å². The van der Waals surface area contributed by atoms with E-state index in [-0.39, 0.29) is 18.5 Å². The molecule has 27 heavy (non-hydrogen) atoms. The predicted octanol–water partition coefficient (Wildman–Crippen LogP) is 3.54. The molecule has 5 nitrogen and oxygen atoms in total. The number of carbonyl (C=O) groups excluding carboxylic acids is 2. The Morgan fingerprint density at radius 2 is 2.00 bits per heavy atom. The highest BCUT2D eigenvalue weighted by Gasteiger charge is 2.23. The number of thioether (sulfide) groups is 1. The zero-order valence-corrected chi connectivity index (χ0v) is 15.8. The summed E-state index contributed by atoms with van der Waals surface area (Å²) >= 11 is 1.64. The van der Waals surface area contributed by atoms with E-state index in [0.717, 1.165) is 21.9 Å². The maximum Gasteiger partial charge on any atom is 0.414 e. The third-order valence-corrected chi connectivity index (χ3v) is 4.90. The Morgan fingerprint density at radius 3 is 2.70 bits per heavy atom. The molecule has 2 amide bonds. The van der Waals surface area contributed by atoms with Gasteiger partial charge in [0, 0.05) is 16.1 Å². The number of rotatable bonds is 5. The molecule has 0 atom stereocenters. The Bertz CT molecular complexity index is 884. The SMILES string of the molecule is CCSc1ccccc1C(=O)NCC#Cc1ccc(N2CCOC2=O)cc1. The molecule has 0 saturated carbocycles. The Labute approximate surface area is 163 Å². The van der Waals surface area contributed by atoms with Crippen LogP contribution in [0.1, 0.15) is 22.8 Å².